The predicted molar refractivity (Wildman–Crippen MR) is 134 cm³/mol. The van der Waals surface area contributed by atoms with E-state index < -0.39 is 5.82 Å². The normalized spacial score (nSPS) is 14.8. The Kier molecular flexibility index (Phi) is 6.46. The van der Waals surface area contributed by atoms with Crippen LogP contribution >= 0.6 is 0 Å². The summed E-state index contributed by atoms with van der Waals surface area (Å²) in [6.45, 7) is 3.26. The van der Waals surface area contributed by atoms with E-state index in [1.54, 1.807) is 48.0 Å². The van der Waals surface area contributed by atoms with Gasteiger partial charge in [-0.25, -0.2) is 4.39 Å². The molecule has 3 aromatic carbocycles. The van der Waals surface area contributed by atoms with E-state index in [9.17, 15) is 14.0 Å². The number of aryl methyl sites for hydroxylation is 1. The van der Waals surface area contributed by atoms with Crippen LogP contribution in [0, 0.1) is 12.7 Å². The lowest BCUT2D eigenvalue weighted by Crippen LogP contribution is -2.33. The lowest BCUT2D eigenvalue weighted by atomic mass is 10.1. The van der Waals surface area contributed by atoms with E-state index in [0.29, 0.717) is 54.9 Å². The molecule has 0 atom stereocenters. The second kappa shape index (κ2) is 9.85. The van der Waals surface area contributed by atoms with E-state index in [4.69, 9.17) is 9.15 Å². The Balaban J connectivity index is 1.49. The van der Waals surface area contributed by atoms with Crippen LogP contribution in [0.25, 0.3) is 11.0 Å². The first-order chi connectivity index (χ1) is 17.4. The van der Waals surface area contributed by atoms with Gasteiger partial charge >= 0.3 is 0 Å². The highest BCUT2D eigenvalue weighted by Gasteiger charge is 2.25. The Hall–Kier alpha value is -4.13. The number of furan rings is 1. The fraction of sp³-hybridized carbons (Fsp3) is 0.241. The molecule has 36 heavy (non-hydrogen) atoms. The molecule has 0 unspecified atom stereocenters. The Labute approximate surface area is 208 Å². The van der Waals surface area contributed by atoms with Gasteiger partial charge < -0.3 is 19.0 Å². The topological polar surface area (TPSA) is 63.0 Å². The molecular formula is C29H27FN2O4. The third-order valence-electron chi connectivity index (χ3n) is 6.48. The van der Waals surface area contributed by atoms with E-state index in [1.807, 2.05) is 36.4 Å². The fourth-order valence-corrected chi connectivity index (χ4v) is 4.61. The molecule has 2 heterocycles. The third kappa shape index (κ3) is 4.56. The third-order valence-corrected chi connectivity index (χ3v) is 6.48. The van der Waals surface area contributed by atoms with Gasteiger partial charge in [-0.1, -0.05) is 48.5 Å². The Bertz CT molecular complexity index is 1440. The van der Waals surface area contributed by atoms with Gasteiger partial charge in [0, 0.05) is 37.6 Å². The highest BCUT2D eigenvalue weighted by molar-refractivity contribution is 5.99. The van der Waals surface area contributed by atoms with Crippen molar-refractivity contribution in [2.45, 2.75) is 26.4 Å². The minimum atomic E-state index is -0.492. The summed E-state index contributed by atoms with van der Waals surface area (Å²) < 4.78 is 26.0. The summed E-state index contributed by atoms with van der Waals surface area (Å²) in [5.41, 5.74) is 3.09. The second-order valence-corrected chi connectivity index (χ2v) is 9.08. The maximum absolute atomic E-state index is 14.3. The first-order valence-corrected chi connectivity index (χ1v) is 11.9. The number of fused-ring (bicyclic) bond motifs is 4. The van der Waals surface area contributed by atoms with Crippen molar-refractivity contribution in [1.82, 2.24) is 9.80 Å². The average Bonchev–Trinajstić information content (AvgIpc) is 3.22. The maximum atomic E-state index is 14.3. The number of para-hydroxylation sites is 2. The summed E-state index contributed by atoms with van der Waals surface area (Å²) in [6.07, 6.45) is 0.539. The standard InChI is InChI=1S/C29H27FN2O4/c1-19-22-11-6-12-24(30)27(22)36-26(19)29(34)32-14-7-15-35-25-13-4-3-10-23(25)28(33)31(2)17-20-8-5-9-21(16-20)18-32/h3-6,8-13,16H,7,14-15,17-18H2,1-2H3. The number of amides is 2. The fourth-order valence-electron chi connectivity index (χ4n) is 4.61. The lowest BCUT2D eigenvalue weighted by Gasteiger charge is -2.24. The zero-order valence-corrected chi connectivity index (χ0v) is 20.3. The largest absolute Gasteiger partial charge is 0.493 e. The van der Waals surface area contributed by atoms with Gasteiger partial charge in [-0.15, -0.1) is 0 Å². The van der Waals surface area contributed by atoms with Gasteiger partial charge in [0.05, 0.1) is 12.2 Å². The van der Waals surface area contributed by atoms with Crippen molar-refractivity contribution in [3.05, 3.63) is 101 Å². The average molecular weight is 487 g/mol. The lowest BCUT2D eigenvalue weighted by molar-refractivity contribution is 0.0702. The Morgan fingerprint density at radius 2 is 1.72 bits per heavy atom. The molecule has 0 saturated heterocycles. The van der Waals surface area contributed by atoms with Gasteiger partial charge in [0.1, 0.15) is 5.75 Å². The van der Waals surface area contributed by atoms with E-state index in [1.165, 1.54) is 6.07 Å². The summed E-state index contributed by atoms with van der Waals surface area (Å²) >= 11 is 0. The number of hydrogen-bond acceptors (Lipinski definition) is 4. The van der Waals surface area contributed by atoms with Crippen molar-refractivity contribution in [2.75, 3.05) is 20.2 Å². The van der Waals surface area contributed by atoms with Gasteiger partial charge in [-0.05, 0) is 42.7 Å². The van der Waals surface area contributed by atoms with Crippen molar-refractivity contribution in [3.63, 3.8) is 0 Å². The summed E-state index contributed by atoms with van der Waals surface area (Å²) in [5, 5.41) is 0.593. The minimum absolute atomic E-state index is 0.0927. The summed E-state index contributed by atoms with van der Waals surface area (Å²) in [7, 11) is 1.76. The molecule has 2 amide bonds. The highest BCUT2D eigenvalue weighted by Crippen LogP contribution is 2.29. The van der Waals surface area contributed by atoms with Crippen molar-refractivity contribution in [1.29, 1.82) is 0 Å². The van der Waals surface area contributed by atoms with Crippen molar-refractivity contribution < 1.29 is 23.1 Å². The predicted octanol–water partition coefficient (Wildman–Crippen LogP) is 5.58. The van der Waals surface area contributed by atoms with Crippen LogP contribution in [0.4, 0.5) is 4.39 Å². The quantitative estimate of drug-likeness (QED) is 0.353. The molecule has 0 saturated carbocycles. The van der Waals surface area contributed by atoms with E-state index in [2.05, 4.69) is 0 Å². The molecule has 1 aliphatic rings. The van der Waals surface area contributed by atoms with E-state index in [0.717, 1.165) is 11.1 Å². The molecule has 0 aliphatic carbocycles. The molecule has 4 aromatic rings. The number of rotatable bonds is 1. The van der Waals surface area contributed by atoms with Crippen LogP contribution in [0.15, 0.2) is 71.1 Å². The highest BCUT2D eigenvalue weighted by atomic mass is 19.1. The molecule has 1 aliphatic heterocycles. The molecule has 0 fully saturated rings. The van der Waals surface area contributed by atoms with Gasteiger partial charge in [0.25, 0.3) is 11.8 Å². The molecule has 0 N–H and O–H groups in total. The van der Waals surface area contributed by atoms with Crippen molar-refractivity contribution in [2.24, 2.45) is 0 Å². The molecule has 5 rings (SSSR count). The molecule has 0 radical (unpaired) electrons. The number of hydrogen-bond donors (Lipinski definition) is 0. The van der Waals surface area contributed by atoms with Gasteiger partial charge in [0.15, 0.2) is 17.2 Å². The zero-order chi connectivity index (χ0) is 25.2. The summed E-state index contributed by atoms with van der Waals surface area (Å²) in [4.78, 5) is 30.1. The second-order valence-electron chi connectivity index (χ2n) is 9.08. The van der Waals surface area contributed by atoms with Gasteiger partial charge in [-0.2, -0.15) is 0 Å². The van der Waals surface area contributed by atoms with Crippen molar-refractivity contribution in [3.8, 4) is 5.75 Å². The number of carbonyl (C=O) groups excluding carboxylic acids is 2. The van der Waals surface area contributed by atoms with Crippen LogP contribution < -0.4 is 4.74 Å². The molecular weight excluding hydrogens is 459 g/mol. The van der Waals surface area contributed by atoms with Gasteiger partial charge in [-0.3, -0.25) is 9.59 Å². The molecule has 1 aromatic heterocycles. The van der Waals surface area contributed by atoms with Crippen LogP contribution in [0.5, 0.6) is 5.75 Å². The van der Waals surface area contributed by atoms with Gasteiger partial charge in [0.2, 0.25) is 0 Å². The van der Waals surface area contributed by atoms with E-state index >= 15 is 0 Å². The monoisotopic (exact) mass is 486 g/mol. The molecule has 0 spiro atoms. The zero-order valence-electron chi connectivity index (χ0n) is 20.3. The van der Waals surface area contributed by atoms with Crippen LogP contribution in [0.3, 0.4) is 0 Å². The smallest absolute Gasteiger partial charge is 0.290 e. The van der Waals surface area contributed by atoms with Crippen LogP contribution in [0.2, 0.25) is 0 Å². The van der Waals surface area contributed by atoms with Crippen LogP contribution in [-0.4, -0.2) is 41.8 Å². The number of nitrogens with zero attached hydrogens (tertiary/aromatic N) is 2. The maximum Gasteiger partial charge on any atom is 0.290 e. The number of benzene rings is 3. The van der Waals surface area contributed by atoms with Crippen LogP contribution in [0.1, 0.15) is 44.0 Å². The minimum Gasteiger partial charge on any atom is -0.493 e. The SMILES string of the molecule is Cc1c(C(=O)N2CCCOc3ccccc3C(=O)N(C)Cc3cccc(c3)C2)oc2c(F)cccc12. The number of carbonyl (C=O) groups is 2. The number of ether oxygens (including phenoxy) is 1. The number of halogens is 1. The first-order valence-electron chi connectivity index (χ1n) is 11.9. The molecule has 6 nitrogen and oxygen atoms in total. The summed E-state index contributed by atoms with van der Waals surface area (Å²) in [5.74, 6) is -0.245. The summed E-state index contributed by atoms with van der Waals surface area (Å²) in [6, 6.07) is 19.7. The molecule has 7 heteroatoms. The first kappa shape index (κ1) is 23.6. The van der Waals surface area contributed by atoms with Crippen LogP contribution in [-0.2, 0) is 13.1 Å². The Morgan fingerprint density at radius 3 is 2.53 bits per heavy atom. The molecule has 184 valence electrons. The van der Waals surface area contributed by atoms with Crippen molar-refractivity contribution >= 4 is 22.8 Å². The molecule has 2 bridgehead atoms. The Morgan fingerprint density at radius 1 is 0.972 bits per heavy atom. The van der Waals surface area contributed by atoms with E-state index in [-0.39, 0.29) is 23.2 Å².